The van der Waals surface area contributed by atoms with Crippen LogP contribution < -0.4 is 5.73 Å². The normalized spacial score (nSPS) is 12.7. The van der Waals surface area contributed by atoms with Gasteiger partial charge in [-0.05, 0) is 0 Å². The number of halogens is 9. The molecule has 0 aliphatic rings. The summed E-state index contributed by atoms with van der Waals surface area (Å²) in [6.45, 7) is 0. The molecule has 0 unspecified atom stereocenters. The lowest BCUT2D eigenvalue weighted by atomic mass is 10.0. The second-order valence-corrected chi connectivity index (χ2v) is 3.43. The van der Waals surface area contributed by atoms with Gasteiger partial charge in [-0.15, -0.1) is 0 Å². The number of hydrogen-bond acceptors (Lipinski definition) is 1. The largest absolute Gasteiger partial charge is 0.422 e. The van der Waals surface area contributed by atoms with Gasteiger partial charge < -0.3 is 5.73 Å². The highest BCUT2D eigenvalue weighted by atomic mass is 19.4. The molecule has 1 amide bonds. The number of benzene rings is 1. The number of nitrogens with two attached hydrogens (primary N) is 1. The molecule has 0 aliphatic heterocycles. The summed E-state index contributed by atoms with van der Waals surface area (Å²) >= 11 is 0. The Morgan fingerprint density at radius 1 is 0.750 bits per heavy atom. The molecule has 0 saturated carbocycles. The zero-order valence-corrected chi connectivity index (χ0v) is 8.89. The van der Waals surface area contributed by atoms with E-state index in [1.165, 1.54) is 0 Å². The SMILES string of the molecule is NC(=O)c1c(F)c(C(F)(F)F)c(F)c(C(F)(F)F)c1F. The Morgan fingerprint density at radius 3 is 1.25 bits per heavy atom. The van der Waals surface area contributed by atoms with Crippen LogP contribution in [-0.4, -0.2) is 5.91 Å². The maximum absolute atomic E-state index is 13.2. The Bertz CT molecular complexity index is 531. The molecule has 0 bridgehead atoms. The summed E-state index contributed by atoms with van der Waals surface area (Å²) in [7, 11) is 0. The number of alkyl halides is 6. The number of carbonyl (C=O) groups excluding carboxylic acids is 1. The van der Waals surface area contributed by atoms with Gasteiger partial charge in [0.15, 0.2) is 17.5 Å². The van der Waals surface area contributed by atoms with Gasteiger partial charge in [0.1, 0.15) is 16.7 Å². The van der Waals surface area contributed by atoms with Gasteiger partial charge in [0, 0.05) is 0 Å². The lowest BCUT2D eigenvalue weighted by molar-refractivity contribution is -0.150. The molecular weight excluding hydrogens is 309 g/mol. The van der Waals surface area contributed by atoms with Crippen LogP contribution in [0.1, 0.15) is 21.5 Å². The minimum atomic E-state index is -5.92. The van der Waals surface area contributed by atoms with E-state index >= 15 is 0 Å². The Hall–Kier alpha value is -1.94. The summed E-state index contributed by atoms with van der Waals surface area (Å²) in [5.41, 5.74) is -4.08. The average Bonchev–Trinajstić information content (AvgIpc) is 2.09. The molecule has 0 heterocycles. The van der Waals surface area contributed by atoms with Gasteiger partial charge in [0.2, 0.25) is 0 Å². The second kappa shape index (κ2) is 4.56. The van der Waals surface area contributed by atoms with Gasteiger partial charge >= 0.3 is 12.4 Å². The smallest absolute Gasteiger partial charge is 0.365 e. The van der Waals surface area contributed by atoms with Crippen molar-refractivity contribution >= 4 is 5.91 Å². The maximum atomic E-state index is 13.2. The van der Waals surface area contributed by atoms with Crippen LogP contribution in [0.3, 0.4) is 0 Å². The Labute approximate surface area is 104 Å². The van der Waals surface area contributed by atoms with Crippen LogP contribution in [0, 0.1) is 17.5 Å². The third kappa shape index (κ3) is 2.51. The zero-order valence-electron chi connectivity index (χ0n) is 8.89. The average molecular weight is 311 g/mol. The van der Waals surface area contributed by atoms with Crippen LogP contribution in [0.5, 0.6) is 0 Å². The van der Waals surface area contributed by atoms with Crippen LogP contribution in [-0.2, 0) is 12.4 Å². The van der Waals surface area contributed by atoms with Crippen molar-refractivity contribution in [3.05, 3.63) is 34.1 Å². The van der Waals surface area contributed by atoms with Crippen molar-refractivity contribution in [2.24, 2.45) is 5.73 Å². The van der Waals surface area contributed by atoms with Crippen LogP contribution in [0.25, 0.3) is 0 Å². The Morgan fingerprint density at radius 2 is 1.05 bits per heavy atom. The van der Waals surface area contributed by atoms with Gasteiger partial charge in [-0.1, -0.05) is 0 Å². The van der Waals surface area contributed by atoms with Crippen LogP contribution in [0.4, 0.5) is 39.5 Å². The van der Waals surface area contributed by atoms with Gasteiger partial charge in [0.05, 0.1) is 0 Å². The van der Waals surface area contributed by atoms with Crippen molar-refractivity contribution in [3.63, 3.8) is 0 Å². The fraction of sp³-hybridized carbons (Fsp3) is 0.222. The highest BCUT2D eigenvalue weighted by Gasteiger charge is 2.48. The van der Waals surface area contributed by atoms with E-state index in [1.54, 1.807) is 0 Å². The molecule has 0 saturated heterocycles. The van der Waals surface area contributed by atoms with E-state index in [1.807, 2.05) is 0 Å². The molecule has 0 aromatic heterocycles. The first-order chi connectivity index (χ1) is 8.80. The van der Waals surface area contributed by atoms with E-state index in [4.69, 9.17) is 0 Å². The number of amides is 1. The lowest BCUT2D eigenvalue weighted by Crippen LogP contribution is -2.26. The molecule has 0 fully saturated rings. The Kier molecular flexibility index (Phi) is 3.68. The van der Waals surface area contributed by atoms with Crippen LogP contribution in [0.15, 0.2) is 0 Å². The van der Waals surface area contributed by atoms with E-state index in [0.717, 1.165) is 0 Å². The number of carbonyl (C=O) groups is 1. The first-order valence-corrected chi connectivity index (χ1v) is 4.44. The van der Waals surface area contributed by atoms with Crippen molar-refractivity contribution < 1.29 is 44.3 Å². The van der Waals surface area contributed by atoms with Crippen molar-refractivity contribution in [2.45, 2.75) is 12.4 Å². The highest BCUT2D eigenvalue weighted by molar-refractivity contribution is 5.94. The fourth-order valence-electron chi connectivity index (χ4n) is 1.38. The number of rotatable bonds is 1. The molecule has 0 aliphatic carbocycles. The van der Waals surface area contributed by atoms with E-state index in [-0.39, 0.29) is 0 Å². The van der Waals surface area contributed by atoms with Crippen molar-refractivity contribution in [1.82, 2.24) is 0 Å². The predicted molar refractivity (Wildman–Crippen MR) is 44.8 cm³/mol. The maximum Gasteiger partial charge on any atom is 0.422 e. The topological polar surface area (TPSA) is 43.1 Å². The summed E-state index contributed by atoms with van der Waals surface area (Å²) in [5.74, 6) is -11.1. The van der Waals surface area contributed by atoms with E-state index in [0.29, 0.717) is 0 Å². The molecule has 0 radical (unpaired) electrons. The summed E-state index contributed by atoms with van der Waals surface area (Å²) in [6.07, 6.45) is -11.8. The standard InChI is InChI=1S/C9H2F9NO/c10-4-1(7(19)20)5(11)3(9(16,17)18)6(12)2(4)8(13,14)15/h(H2,19,20). The van der Waals surface area contributed by atoms with Crippen LogP contribution >= 0.6 is 0 Å². The van der Waals surface area contributed by atoms with Gasteiger partial charge in [-0.2, -0.15) is 26.3 Å². The molecule has 1 rings (SSSR count). The van der Waals surface area contributed by atoms with E-state index in [2.05, 4.69) is 5.73 Å². The molecule has 11 heteroatoms. The minimum absolute atomic E-state index is 2.24. The predicted octanol–water partition coefficient (Wildman–Crippen LogP) is 3.24. The quantitative estimate of drug-likeness (QED) is 0.795. The second-order valence-electron chi connectivity index (χ2n) is 3.43. The summed E-state index contributed by atoms with van der Waals surface area (Å²) in [4.78, 5) is 10.6. The molecule has 0 atom stereocenters. The first-order valence-electron chi connectivity index (χ1n) is 4.44. The molecule has 1 aromatic carbocycles. The van der Waals surface area contributed by atoms with E-state index < -0.39 is 52.4 Å². The summed E-state index contributed by atoms with van der Waals surface area (Å²) in [5, 5.41) is 0. The Balaban J connectivity index is 4.00. The van der Waals surface area contributed by atoms with Crippen molar-refractivity contribution in [1.29, 1.82) is 0 Å². The third-order valence-electron chi connectivity index (χ3n) is 2.13. The molecular formula is C9H2F9NO. The molecule has 2 N–H and O–H groups in total. The molecule has 0 spiro atoms. The number of hydrogen-bond donors (Lipinski definition) is 1. The third-order valence-corrected chi connectivity index (χ3v) is 2.13. The van der Waals surface area contributed by atoms with Crippen molar-refractivity contribution in [3.8, 4) is 0 Å². The molecule has 20 heavy (non-hydrogen) atoms. The minimum Gasteiger partial charge on any atom is -0.365 e. The number of primary amides is 1. The van der Waals surface area contributed by atoms with E-state index in [9.17, 15) is 44.3 Å². The lowest BCUT2D eigenvalue weighted by Gasteiger charge is -2.17. The van der Waals surface area contributed by atoms with Crippen molar-refractivity contribution in [2.75, 3.05) is 0 Å². The first kappa shape index (κ1) is 16.1. The molecule has 2 nitrogen and oxygen atoms in total. The van der Waals surface area contributed by atoms with Gasteiger partial charge in [-0.25, -0.2) is 13.2 Å². The van der Waals surface area contributed by atoms with Crippen LogP contribution in [0.2, 0.25) is 0 Å². The highest BCUT2D eigenvalue weighted by Crippen LogP contribution is 2.42. The zero-order chi connectivity index (χ0) is 16.0. The fourth-order valence-corrected chi connectivity index (χ4v) is 1.38. The van der Waals surface area contributed by atoms with Gasteiger partial charge in [0.25, 0.3) is 5.91 Å². The molecule has 112 valence electrons. The molecule has 1 aromatic rings. The monoisotopic (exact) mass is 311 g/mol. The summed E-state index contributed by atoms with van der Waals surface area (Å²) < 4.78 is 114. The van der Waals surface area contributed by atoms with Gasteiger partial charge in [-0.3, -0.25) is 4.79 Å². The summed E-state index contributed by atoms with van der Waals surface area (Å²) in [6, 6.07) is 0.